The van der Waals surface area contributed by atoms with E-state index in [0.29, 0.717) is 25.5 Å². The minimum absolute atomic E-state index is 0.281. The van der Waals surface area contributed by atoms with E-state index in [1.165, 1.54) is 24.0 Å². The van der Waals surface area contributed by atoms with Crippen molar-refractivity contribution in [2.45, 2.75) is 71.8 Å². The van der Waals surface area contributed by atoms with Gasteiger partial charge >= 0.3 is 0 Å². The first-order valence-corrected chi connectivity index (χ1v) is 14.0. The Bertz CT molecular complexity index is 1180. The number of ether oxygens (including phenoxy) is 1. The monoisotopic (exact) mass is 529 g/mol. The lowest BCUT2D eigenvalue weighted by molar-refractivity contribution is 0.210. The maximum absolute atomic E-state index is 10.9. The number of alkyl halides is 1. The molecule has 4 nitrogen and oxygen atoms in total. The SMILES string of the molecule is C#CCC/C(=C(/c1ccc(OC2CCCC2)cc1)c1ccc(N)cc1C)c1ccncc1.CC.NCCCF. The highest BCUT2D eigenvalue weighted by Crippen LogP contribution is 2.37. The highest BCUT2D eigenvalue weighted by molar-refractivity contribution is 5.99. The molecule has 0 radical (unpaired) electrons. The number of anilines is 1. The van der Waals surface area contributed by atoms with Crippen LogP contribution in [0.4, 0.5) is 10.1 Å². The van der Waals surface area contributed by atoms with E-state index in [2.05, 4.69) is 60.3 Å². The number of rotatable bonds is 9. The third-order valence-electron chi connectivity index (χ3n) is 6.46. The topological polar surface area (TPSA) is 74.2 Å². The lowest BCUT2D eigenvalue weighted by atomic mass is 9.85. The van der Waals surface area contributed by atoms with E-state index in [4.69, 9.17) is 22.6 Å². The smallest absolute Gasteiger partial charge is 0.119 e. The van der Waals surface area contributed by atoms with Crippen molar-refractivity contribution >= 4 is 16.8 Å². The number of hydrogen-bond donors (Lipinski definition) is 2. The predicted molar refractivity (Wildman–Crippen MR) is 164 cm³/mol. The molecular weight excluding hydrogens is 485 g/mol. The van der Waals surface area contributed by atoms with Crippen LogP contribution < -0.4 is 16.2 Å². The van der Waals surface area contributed by atoms with E-state index in [-0.39, 0.29) is 6.67 Å². The molecule has 1 aromatic heterocycles. The maximum Gasteiger partial charge on any atom is 0.119 e. The zero-order valence-electron chi connectivity index (χ0n) is 23.8. The molecule has 4 N–H and O–H groups in total. The van der Waals surface area contributed by atoms with Crippen molar-refractivity contribution in [2.24, 2.45) is 5.73 Å². The van der Waals surface area contributed by atoms with Gasteiger partial charge in [0, 0.05) is 24.5 Å². The summed E-state index contributed by atoms with van der Waals surface area (Å²) in [5.74, 6) is 3.74. The largest absolute Gasteiger partial charge is 0.490 e. The first-order chi connectivity index (χ1) is 19.1. The number of aromatic nitrogens is 1. The average molecular weight is 530 g/mol. The second kappa shape index (κ2) is 17.8. The molecule has 0 aliphatic heterocycles. The fraction of sp³-hybridized carbons (Fsp3) is 0.382. The Hall–Kier alpha value is -3.62. The summed E-state index contributed by atoms with van der Waals surface area (Å²) in [6, 6.07) is 18.7. The van der Waals surface area contributed by atoms with Crippen LogP contribution in [0.1, 0.15) is 81.0 Å². The number of halogens is 1. The van der Waals surface area contributed by atoms with Gasteiger partial charge in [0.15, 0.2) is 0 Å². The zero-order valence-corrected chi connectivity index (χ0v) is 23.8. The van der Waals surface area contributed by atoms with E-state index < -0.39 is 0 Å². The Labute approximate surface area is 234 Å². The minimum Gasteiger partial charge on any atom is -0.490 e. The molecule has 1 aliphatic carbocycles. The molecule has 5 heteroatoms. The van der Waals surface area contributed by atoms with Gasteiger partial charge in [-0.1, -0.05) is 32.0 Å². The van der Waals surface area contributed by atoms with Gasteiger partial charge in [-0.15, -0.1) is 12.3 Å². The molecule has 0 saturated heterocycles. The number of benzene rings is 2. The molecule has 1 heterocycles. The zero-order chi connectivity index (χ0) is 28.5. The van der Waals surface area contributed by atoms with Crippen molar-refractivity contribution in [3.63, 3.8) is 0 Å². The average Bonchev–Trinajstić information content (AvgIpc) is 3.48. The summed E-state index contributed by atoms with van der Waals surface area (Å²) in [6.45, 7) is 6.29. The number of nitrogens with zero attached hydrogens (tertiary/aromatic N) is 1. The summed E-state index contributed by atoms with van der Waals surface area (Å²) in [6.07, 6.45) is 16.4. The molecule has 0 amide bonds. The Morgan fingerprint density at radius 2 is 1.69 bits per heavy atom. The van der Waals surface area contributed by atoms with Crippen LogP contribution in [0.5, 0.6) is 5.75 Å². The van der Waals surface area contributed by atoms with E-state index in [1.807, 2.05) is 38.4 Å². The van der Waals surface area contributed by atoms with Crippen molar-refractivity contribution in [1.82, 2.24) is 4.98 Å². The van der Waals surface area contributed by atoms with Gasteiger partial charge < -0.3 is 16.2 Å². The van der Waals surface area contributed by atoms with Crippen LogP contribution in [0, 0.1) is 19.3 Å². The number of aryl methyl sites for hydroxylation is 1. The van der Waals surface area contributed by atoms with Crippen LogP contribution in [0.2, 0.25) is 0 Å². The summed E-state index contributed by atoms with van der Waals surface area (Å²) in [7, 11) is 0. The Balaban J connectivity index is 0.000000686. The summed E-state index contributed by atoms with van der Waals surface area (Å²) in [5, 5.41) is 0. The molecule has 0 bridgehead atoms. The lowest BCUT2D eigenvalue weighted by Gasteiger charge is -2.20. The van der Waals surface area contributed by atoms with Crippen LogP contribution in [0.3, 0.4) is 0 Å². The number of nitrogens with two attached hydrogens (primary N) is 2. The number of nitrogen functional groups attached to an aromatic ring is 1. The quantitative estimate of drug-likeness (QED) is 0.218. The third-order valence-corrected chi connectivity index (χ3v) is 6.46. The molecule has 1 aliphatic rings. The summed E-state index contributed by atoms with van der Waals surface area (Å²) < 4.78 is 17.1. The summed E-state index contributed by atoms with van der Waals surface area (Å²) in [4.78, 5) is 4.21. The number of pyridine rings is 1. The van der Waals surface area contributed by atoms with Crippen LogP contribution in [0.25, 0.3) is 11.1 Å². The van der Waals surface area contributed by atoms with Crippen LogP contribution in [0.15, 0.2) is 67.0 Å². The van der Waals surface area contributed by atoms with E-state index >= 15 is 0 Å². The van der Waals surface area contributed by atoms with E-state index in [1.54, 1.807) is 0 Å². The molecule has 2 aromatic carbocycles. The van der Waals surface area contributed by atoms with Gasteiger partial charge in [-0.25, -0.2) is 0 Å². The van der Waals surface area contributed by atoms with Gasteiger partial charge in [-0.2, -0.15) is 0 Å². The molecule has 208 valence electrons. The van der Waals surface area contributed by atoms with Gasteiger partial charge in [0.1, 0.15) is 5.75 Å². The summed E-state index contributed by atoms with van der Waals surface area (Å²) >= 11 is 0. The highest BCUT2D eigenvalue weighted by atomic mass is 19.1. The van der Waals surface area contributed by atoms with Gasteiger partial charge in [-0.3, -0.25) is 9.37 Å². The Morgan fingerprint density at radius 3 is 2.23 bits per heavy atom. The van der Waals surface area contributed by atoms with Crippen molar-refractivity contribution in [2.75, 3.05) is 19.0 Å². The van der Waals surface area contributed by atoms with E-state index in [0.717, 1.165) is 53.0 Å². The highest BCUT2D eigenvalue weighted by Gasteiger charge is 2.18. The fourth-order valence-electron chi connectivity index (χ4n) is 4.60. The molecule has 3 aromatic rings. The lowest BCUT2D eigenvalue weighted by Crippen LogP contribution is -2.10. The Morgan fingerprint density at radius 1 is 1.03 bits per heavy atom. The van der Waals surface area contributed by atoms with E-state index in [9.17, 15) is 4.39 Å². The number of terminal acetylenes is 1. The number of hydrogen-bond acceptors (Lipinski definition) is 4. The van der Waals surface area contributed by atoms with Crippen LogP contribution >= 0.6 is 0 Å². The molecule has 4 rings (SSSR count). The molecular formula is C34H44FN3O. The second-order valence-corrected chi connectivity index (χ2v) is 9.25. The van der Waals surface area contributed by atoms with Gasteiger partial charge in [0.05, 0.1) is 12.8 Å². The second-order valence-electron chi connectivity index (χ2n) is 9.25. The van der Waals surface area contributed by atoms with Crippen LogP contribution in [-0.4, -0.2) is 24.3 Å². The maximum atomic E-state index is 10.9. The van der Waals surface area contributed by atoms with Crippen molar-refractivity contribution in [3.05, 3.63) is 89.2 Å². The third kappa shape index (κ3) is 9.89. The van der Waals surface area contributed by atoms with Crippen molar-refractivity contribution in [1.29, 1.82) is 0 Å². The fourth-order valence-corrected chi connectivity index (χ4v) is 4.60. The van der Waals surface area contributed by atoms with Crippen molar-refractivity contribution in [3.8, 4) is 18.1 Å². The number of allylic oxidation sites excluding steroid dienone is 1. The molecule has 0 unspecified atom stereocenters. The normalized spacial score (nSPS) is 13.2. The van der Waals surface area contributed by atoms with Gasteiger partial charge in [0.2, 0.25) is 0 Å². The first-order valence-electron chi connectivity index (χ1n) is 14.0. The van der Waals surface area contributed by atoms with Crippen LogP contribution in [-0.2, 0) is 0 Å². The predicted octanol–water partition coefficient (Wildman–Crippen LogP) is 8.00. The molecule has 0 spiro atoms. The minimum atomic E-state index is -0.281. The van der Waals surface area contributed by atoms with Gasteiger partial charge in [0.25, 0.3) is 0 Å². The van der Waals surface area contributed by atoms with Crippen molar-refractivity contribution < 1.29 is 9.13 Å². The standard InChI is InChI=1S/C29H30N2O.C3H8FN.C2H6/c1-3-4-9-28(22-16-18-31-19-17-22)29(27-15-12-24(30)20-21(27)2)23-10-13-26(14-11-23)32-25-7-5-6-8-25;4-2-1-3-5;1-2/h1,10-20,25H,4-9,30H2,2H3;1-3,5H2;1-2H3/b29-28+;;. The molecule has 1 fully saturated rings. The summed E-state index contributed by atoms with van der Waals surface area (Å²) in [5.41, 5.74) is 18.7. The van der Waals surface area contributed by atoms with Gasteiger partial charge in [-0.05, 0) is 122 Å². The Kier molecular flexibility index (Phi) is 14.4. The molecule has 39 heavy (non-hydrogen) atoms. The first kappa shape index (κ1) is 31.6. The molecule has 1 saturated carbocycles. The molecule has 0 atom stereocenters.